The Morgan fingerprint density at radius 2 is 0.855 bits per heavy atom. The standard InChI is InChI=1S/C19H15ClF3N7O.C19H16ClF2N7O.C18H13F7N6O.C18H14F6N6O/c20-9-3-11-12(6-26-16(11)25-5-9)17-27-7-13(21)18(29-17)30-10(4-24)1-2-14(30)19(31)28-8-15(22)23;20-10-5-12-13(8-26-16(12)25-7-10)17-27-9-14(22)18(28-17)29-11(6-23)1-2-15(29)19(30)24-4-3-21;19-8-1-9-10(4-27-13(9)26-3-8)14-28-5-11(20)15(30-14)31-7-17(21,22)2-12(31)16(32)29-6-18(23,24)25;19-8-1-10-11(4-26-14(10)25-3-8)15-27-5-12(21)16(29-15)30-6-9(20)2-13(30)17(31)28-7-18(22,23)24/h3,5-7,10,14-15H,1-2,8H2,(H,25,26)(H,28,31);5,7-9,11,15H,1-4H2,(H,24,30)(H,25,26);1,3-5,12H,2,6-7H2,(H,26,27)(H,29,32);1,3-5,9,13H,2,6-7H2,(H,25,26)(H,28,31)/t10-,14+;11-,15+;12-;9-,13+/m0010/s1. The van der Waals surface area contributed by atoms with E-state index in [1.165, 1.54) is 46.0 Å². The van der Waals surface area contributed by atoms with Crippen LogP contribution in [0.3, 0.4) is 0 Å². The van der Waals surface area contributed by atoms with Crippen molar-refractivity contribution in [2.24, 2.45) is 0 Å². The Morgan fingerprint density at radius 1 is 0.492 bits per heavy atom. The van der Waals surface area contributed by atoms with Crippen LogP contribution in [0, 0.1) is 57.6 Å². The van der Waals surface area contributed by atoms with Gasteiger partial charge in [0, 0.05) is 100 Å². The summed E-state index contributed by atoms with van der Waals surface area (Å²) in [6.07, 6.45) is 0.148. The van der Waals surface area contributed by atoms with Crippen LogP contribution in [0.1, 0.15) is 38.5 Å². The summed E-state index contributed by atoms with van der Waals surface area (Å²) in [5.74, 6) is -13.7. The Hall–Kier alpha value is -13.5. The number of fused-ring (bicyclic) bond motifs is 4. The van der Waals surface area contributed by atoms with Crippen LogP contribution in [0.4, 0.5) is 102 Å². The van der Waals surface area contributed by atoms with E-state index in [9.17, 15) is 109 Å². The molecule has 7 atom stereocenters. The average molecular weight is 1790 g/mol. The summed E-state index contributed by atoms with van der Waals surface area (Å²) in [6, 6.07) is 3.07. The summed E-state index contributed by atoms with van der Waals surface area (Å²) in [7, 11) is 0. The van der Waals surface area contributed by atoms with Crippen LogP contribution in [-0.2, 0) is 19.2 Å². The predicted molar refractivity (Wildman–Crippen MR) is 406 cm³/mol. The molecule has 0 bridgehead atoms. The van der Waals surface area contributed by atoms with Crippen molar-refractivity contribution in [3.05, 3.63) is 144 Å². The van der Waals surface area contributed by atoms with E-state index < -0.39 is 190 Å². The number of hydrogen-bond donors (Lipinski definition) is 8. The van der Waals surface area contributed by atoms with Crippen molar-refractivity contribution in [1.29, 1.82) is 10.5 Å². The lowest BCUT2D eigenvalue weighted by Gasteiger charge is -2.27. The number of anilines is 4. The normalized spacial score (nSPS) is 18.7. The third kappa shape index (κ3) is 19.8. The van der Waals surface area contributed by atoms with Gasteiger partial charge in [0.25, 0.3) is 12.3 Å². The van der Waals surface area contributed by atoms with Crippen molar-refractivity contribution in [1.82, 2.24) is 101 Å². The third-order valence-corrected chi connectivity index (χ3v) is 19.9. The first-order valence-corrected chi connectivity index (χ1v) is 37.3. The van der Waals surface area contributed by atoms with E-state index in [0.717, 1.165) is 42.0 Å². The van der Waals surface area contributed by atoms with Crippen molar-refractivity contribution in [3.8, 4) is 57.7 Å². The lowest BCUT2D eigenvalue weighted by molar-refractivity contribution is -0.139. The first-order valence-electron chi connectivity index (χ1n) is 36.6. The number of rotatable bonds is 18. The fraction of sp³-hybridized carbons (Fsp3) is 0.324. The van der Waals surface area contributed by atoms with E-state index in [1.807, 2.05) is 6.07 Å². The van der Waals surface area contributed by atoms with Gasteiger partial charge in [-0.25, -0.2) is 112 Å². The molecule has 12 aromatic rings. The smallest absolute Gasteiger partial charge is 0.352 e. The molecule has 16 heterocycles. The summed E-state index contributed by atoms with van der Waals surface area (Å²) < 4.78 is 240. The van der Waals surface area contributed by atoms with Gasteiger partial charge in [0.05, 0.1) is 79.0 Å². The number of H-pyrrole nitrogens is 4. The Balaban J connectivity index is 0.000000142. The monoisotopic (exact) mass is 1790 g/mol. The van der Waals surface area contributed by atoms with Crippen LogP contribution < -0.4 is 40.9 Å². The maximum atomic E-state index is 14.7. The topological polar surface area (TPSA) is 395 Å². The highest BCUT2D eigenvalue weighted by Gasteiger charge is 2.51. The first-order chi connectivity index (χ1) is 59.0. The molecule has 30 nitrogen and oxygen atoms in total. The second-order valence-electron chi connectivity index (χ2n) is 27.7. The molecule has 0 unspecified atom stereocenters. The molecule has 16 rings (SSSR count). The zero-order valence-electron chi connectivity index (χ0n) is 62.8. The number of nitrogens with one attached hydrogen (secondary N) is 8. The van der Waals surface area contributed by atoms with Crippen LogP contribution in [-0.4, -0.2) is 216 Å². The molecule has 0 saturated carbocycles. The van der Waals surface area contributed by atoms with Crippen molar-refractivity contribution >= 4 is 114 Å². The van der Waals surface area contributed by atoms with Gasteiger partial charge in [0.15, 0.2) is 69.8 Å². The van der Waals surface area contributed by atoms with Gasteiger partial charge >= 0.3 is 12.4 Å². The Kier molecular flexibility index (Phi) is 26.1. The van der Waals surface area contributed by atoms with Gasteiger partial charge in [-0.1, -0.05) is 23.2 Å². The largest absolute Gasteiger partial charge is 0.405 e. The highest BCUT2D eigenvalue weighted by molar-refractivity contribution is 6.31. The van der Waals surface area contributed by atoms with Crippen LogP contribution in [0.2, 0.25) is 10.0 Å². The Labute approximate surface area is 693 Å². The highest BCUT2D eigenvalue weighted by Crippen LogP contribution is 2.41. The zero-order chi connectivity index (χ0) is 89.0. The number of nitrogens with zero attached hydrogens (tertiary/aromatic N) is 18. The molecule has 8 N–H and O–H groups in total. The Bertz CT molecular complexity index is 6090. The molecule has 50 heteroatoms. The van der Waals surface area contributed by atoms with Gasteiger partial charge in [0.2, 0.25) is 23.6 Å². The van der Waals surface area contributed by atoms with Gasteiger partial charge in [-0.3, -0.25) is 19.2 Å². The second-order valence-corrected chi connectivity index (χ2v) is 28.6. The van der Waals surface area contributed by atoms with Gasteiger partial charge in [-0.15, -0.1) is 0 Å². The molecule has 0 aliphatic carbocycles. The molecule has 648 valence electrons. The number of aromatic nitrogens is 16. The quantitative estimate of drug-likeness (QED) is 0.0370. The SMILES string of the molecule is N#C[C@@H]1CC[C@H](C(=O)NCC(F)F)N1c1nc(-c2c[nH]c3ncc(Cl)cc23)ncc1F.N#C[C@@H]1CC[C@H](C(=O)NCCF)N1c1nc(-c2c[nH]c3ncc(Cl)cc23)ncc1F.O=C(NCC(F)(F)F)[C@H]1CC(F)(F)CN1c1nc(-c2c[nH]c3ncc(F)cc23)ncc1F.O=C(NCC(F)(F)F)[C@H]1C[C@H](F)CN1c1nc(-c2c[nH]c3ncc(F)cc23)ncc1F. The molecule has 124 heavy (non-hydrogen) atoms. The van der Waals surface area contributed by atoms with E-state index in [0.29, 0.717) is 78.2 Å². The number of alkyl halides is 12. The minimum absolute atomic E-state index is 0.0631. The molecule has 12 aromatic heterocycles. The molecule has 4 saturated heterocycles. The maximum Gasteiger partial charge on any atom is 0.405 e. The second kappa shape index (κ2) is 36.6. The molecule has 4 aliphatic rings. The van der Waals surface area contributed by atoms with E-state index in [4.69, 9.17) is 23.2 Å². The van der Waals surface area contributed by atoms with Crippen LogP contribution >= 0.6 is 23.2 Å². The summed E-state index contributed by atoms with van der Waals surface area (Å²) in [5.41, 5.74) is 3.16. The van der Waals surface area contributed by atoms with Gasteiger partial charge in [0.1, 0.15) is 96.4 Å². The molecule has 4 aliphatic heterocycles. The molecule has 4 amide bonds. The number of halogens is 20. The van der Waals surface area contributed by atoms with E-state index in [-0.39, 0.29) is 76.5 Å². The summed E-state index contributed by atoms with van der Waals surface area (Å²) in [5, 5.41) is 29.4. The molecular formula is C74H58Cl2F18N26O4. The van der Waals surface area contributed by atoms with Gasteiger partial charge < -0.3 is 60.8 Å². The van der Waals surface area contributed by atoms with Gasteiger partial charge in [-0.05, 0) is 49.9 Å². The van der Waals surface area contributed by atoms with E-state index in [1.54, 1.807) is 29.8 Å². The number of carbonyl (C=O) groups is 4. The molecule has 0 aromatic carbocycles. The lowest BCUT2D eigenvalue weighted by Crippen LogP contribution is -2.47. The zero-order valence-corrected chi connectivity index (χ0v) is 64.3. The average Bonchev–Trinajstić information content (AvgIpc) is 1.60. The number of pyridine rings is 4. The fourth-order valence-electron chi connectivity index (χ4n) is 14.1. The van der Waals surface area contributed by atoms with Crippen LogP contribution in [0.25, 0.3) is 89.7 Å². The number of nitriles is 2. The first kappa shape index (κ1) is 88.3. The fourth-order valence-corrected chi connectivity index (χ4v) is 14.4. The third-order valence-electron chi connectivity index (χ3n) is 19.4. The Morgan fingerprint density at radius 3 is 1.25 bits per heavy atom. The van der Waals surface area contributed by atoms with Crippen molar-refractivity contribution < 1.29 is 98.2 Å². The molecule has 4 fully saturated rings. The minimum atomic E-state index is -4.76. The number of amides is 4. The van der Waals surface area contributed by atoms with Crippen LogP contribution in [0.5, 0.6) is 0 Å². The number of carbonyl (C=O) groups excluding carboxylic acids is 4. The van der Waals surface area contributed by atoms with Crippen molar-refractivity contribution in [2.45, 2.75) is 106 Å². The van der Waals surface area contributed by atoms with E-state index in [2.05, 4.69) is 96.4 Å². The minimum Gasteiger partial charge on any atom is -0.352 e. The number of aromatic amines is 4. The van der Waals surface area contributed by atoms with Crippen molar-refractivity contribution in [3.63, 3.8) is 0 Å². The van der Waals surface area contributed by atoms with E-state index >= 15 is 0 Å². The summed E-state index contributed by atoms with van der Waals surface area (Å²) in [4.78, 5) is 113. The van der Waals surface area contributed by atoms with Gasteiger partial charge in [-0.2, -0.15) is 36.9 Å². The maximum absolute atomic E-state index is 14.7. The lowest BCUT2D eigenvalue weighted by atomic mass is 10.1. The van der Waals surface area contributed by atoms with Crippen LogP contribution in [0.15, 0.2) is 98.6 Å². The van der Waals surface area contributed by atoms with Crippen molar-refractivity contribution in [2.75, 3.05) is 65.5 Å². The highest BCUT2D eigenvalue weighted by atomic mass is 35.5. The summed E-state index contributed by atoms with van der Waals surface area (Å²) >= 11 is 12.1. The predicted octanol–water partition coefficient (Wildman–Crippen LogP) is 11.9. The number of hydrogen-bond acceptors (Lipinski definition) is 22. The molecular weight excluding hydrogens is 1730 g/mol. The molecule has 0 radical (unpaired) electrons. The summed E-state index contributed by atoms with van der Waals surface area (Å²) in [6.45, 7) is -6.62. The molecule has 0 spiro atoms.